The molecule has 2 rings (SSSR count). The summed E-state index contributed by atoms with van der Waals surface area (Å²) in [5, 5.41) is 7.03. The average Bonchev–Trinajstić information content (AvgIpc) is 2.76. The highest BCUT2D eigenvalue weighted by Gasteiger charge is 2.33. The Balaban J connectivity index is 2.30. The molecule has 1 atom stereocenters. The standard InChI is InChI=1S/C9H17N5O2S/c1-13-7-9(6-12-13)17(15,16)14-3-2-11-5-8(14)4-10/h6-8,11H,2-5,10H2,1H3. The molecule has 0 radical (unpaired) electrons. The third-order valence-corrected chi connectivity index (χ3v) is 4.76. The van der Waals surface area contributed by atoms with Crippen molar-refractivity contribution in [3.63, 3.8) is 0 Å². The summed E-state index contributed by atoms with van der Waals surface area (Å²) in [4.78, 5) is 0.223. The van der Waals surface area contributed by atoms with Crippen LogP contribution in [0.1, 0.15) is 0 Å². The molecule has 8 heteroatoms. The fraction of sp³-hybridized carbons (Fsp3) is 0.667. The van der Waals surface area contributed by atoms with Gasteiger partial charge in [-0.15, -0.1) is 0 Å². The minimum absolute atomic E-state index is 0.186. The fourth-order valence-corrected chi connectivity index (χ4v) is 3.55. The quantitative estimate of drug-likeness (QED) is 0.678. The number of aryl methyl sites for hydroxylation is 1. The van der Waals surface area contributed by atoms with E-state index >= 15 is 0 Å². The van der Waals surface area contributed by atoms with E-state index in [-0.39, 0.29) is 10.9 Å². The Labute approximate surface area is 101 Å². The molecule has 0 saturated carbocycles. The number of sulfonamides is 1. The van der Waals surface area contributed by atoms with Gasteiger partial charge in [0.2, 0.25) is 10.0 Å². The van der Waals surface area contributed by atoms with Gasteiger partial charge in [0.1, 0.15) is 4.90 Å². The van der Waals surface area contributed by atoms with Crippen LogP contribution in [0.15, 0.2) is 17.3 Å². The molecule has 3 N–H and O–H groups in total. The van der Waals surface area contributed by atoms with Crippen LogP contribution in [-0.2, 0) is 17.1 Å². The van der Waals surface area contributed by atoms with Crippen molar-refractivity contribution in [1.82, 2.24) is 19.4 Å². The second kappa shape index (κ2) is 4.73. The minimum Gasteiger partial charge on any atom is -0.329 e. The zero-order chi connectivity index (χ0) is 12.5. The third-order valence-electron chi connectivity index (χ3n) is 2.86. The lowest BCUT2D eigenvalue weighted by atomic mass is 10.2. The van der Waals surface area contributed by atoms with Gasteiger partial charge in [-0.05, 0) is 0 Å². The SMILES string of the molecule is Cn1cc(S(=O)(=O)N2CCNCC2CN)cn1. The second-order valence-electron chi connectivity index (χ2n) is 4.06. The Bertz CT molecular complexity index is 483. The van der Waals surface area contributed by atoms with E-state index in [4.69, 9.17) is 5.73 Å². The van der Waals surface area contributed by atoms with Crippen LogP contribution in [0, 0.1) is 0 Å². The number of nitrogens with two attached hydrogens (primary N) is 1. The molecule has 0 spiro atoms. The Hall–Kier alpha value is -0.960. The topological polar surface area (TPSA) is 93.2 Å². The van der Waals surface area contributed by atoms with Gasteiger partial charge in [0, 0.05) is 45.5 Å². The number of piperazine rings is 1. The summed E-state index contributed by atoms with van der Waals surface area (Å²) in [5.74, 6) is 0. The first kappa shape index (κ1) is 12.5. The van der Waals surface area contributed by atoms with Gasteiger partial charge in [-0.1, -0.05) is 0 Å². The van der Waals surface area contributed by atoms with Gasteiger partial charge in [-0.2, -0.15) is 9.40 Å². The molecule has 1 aliphatic rings. The van der Waals surface area contributed by atoms with Gasteiger partial charge in [0.05, 0.1) is 6.20 Å². The number of hydrogen-bond donors (Lipinski definition) is 2. The van der Waals surface area contributed by atoms with E-state index in [1.54, 1.807) is 7.05 Å². The predicted octanol–water partition coefficient (Wildman–Crippen LogP) is -1.66. The van der Waals surface area contributed by atoms with Crippen molar-refractivity contribution in [2.75, 3.05) is 26.2 Å². The average molecular weight is 259 g/mol. The maximum atomic E-state index is 12.4. The largest absolute Gasteiger partial charge is 0.329 e. The molecule has 17 heavy (non-hydrogen) atoms. The van der Waals surface area contributed by atoms with E-state index < -0.39 is 10.0 Å². The van der Waals surface area contributed by atoms with Crippen LogP contribution >= 0.6 is 0 Å². The first-order valence-corrected chi connectivity index (χ1v) is 6.91. The smallest absolute Gasteiger partial charge is 0.246 e. The number of hydrogen-bond acceptors (Lipinski definition) is 5. The molecule has 1 aromatic heterocycles. The van der Waals surface area contributed by atoms with Crippen LogP contribution in [0.25, 0.3) is 0 Å². The molecule has 0 aromatic carbocycles. The Kier molecular flexibility index (Phi) is 3.48. The Morgan fingerprint density at radius 3 is 3.00 bits per heavy atom. The molecule has 2 heterocycles. The number of aromatic nitrogens is 2. The van der Waals surface area contributed by atoms with Crippen molar-refractivity contribution < 1.29 is 8.42 Å². The lowest BCUT2D eigenvalue weighted by Crippen LogP contribution is -2.56. The van der Waals surface area contributed by atoms with Gasteiger partial charge in [0.25, 0.3) is 0 Å². The predicted molar refractivity (Wildman–Crippen MR) is 62.8 cm³/mol. The van der Waals surface area contributed by atoms with Crippen LogP contribution in [0.3, 0.4) is 0 Å². The van der Waals surface area contributed by atoms with Crippen molar-refractivity contribution in [2.24, 2.45) is 12.8 Å². The number of rotatable bonds is 3. The summed E-state index contributed by atoms with van der Waals surface area (Å²) in [6, 6.07) is -0.186. The van der Waals surface area contributed by atoms with Gasteiger partial charge < -0.3 is 11.1 Å². The maximum absolute atomic E-state index is 12.4. The van der Waals surface area contributed by atoms with Crippen molar-refractivity contribution in [2.45, 2.75) is 10.9 Å². The molecular formula is C9H17N5O2S. The lowest BCUT2D eigenvalue weighted by Gasteiger charge is -2.33. The van der Waals surface area contributed by atoms with Crippen LogP contribution in [0.4, 0.5) is 0 Å². The lowest BCUT2D eigenvalue weighted by molar-refractivity contribution is 0.272. The van der Waals surface area contributed by atoms with E-state index in [2.05, 4.69) is 10.4 Å². The highest BCUT2D eigenvalue weighted by Crippen LogP contribution is 2.18. The molecule has 0 aliphatic carbocycles. The molecule has 0 amide bonds. The van der Waals surface area contributed by atoms with Crippen LogP contribution in [0.5, 0.6) is 0 Å². The van der Waals surface area contributed by atoms with E-state index in [1.807, 2.05) is 0 Å². The van der Waals surface area contributed by atoms with Gasteiger partial charge >= 0.3 is 0 Å². The summed E-state index contributed by atoms with van der Waals surface area (Å²) in [6.45, 7) is 2.00. The summed E-state index contributed by atoms with van der Waals surface area (Å²) in [7, 11) is -1.78. The van der Waals surface area contributed by atoms with E-state index in [9.17, 15) is 8.42 Å². The highest BCUT2D eigenvalue weighted by atomic mass is 32.2. The summed E-state index contributed by atoms with van der Waals surface area (Å²) in [5.41, 5.74) is 5.61. The Morgan fingerprint density at radius 1 is 1.65 bits per heavy atom. The first-order chi connectivity index (χ1) is 8.05. The molecule has 1 aromatic rings. The number of nitrogens with zero attached hydrogens (tertiary/aromatic N) is 3. The van der Waals surface area contributed by atoms with Crippen molar-refractivity contribution in [3.8, 4) is 0 Å². The van der Waals surface area contributed by atoms with Gasteiger partial charge in [0.15, 0.2) is 0 Å². The summed E-state index contributed by atoms with van der Waals surface area (Å²) >= 11 is 0. The molecule has 7 nitrogen and oxygen atoms in total. The monoisotopic (exact) mass is 259 g/mol. The summed E-state index contributed by atoms with van der Waals surface area (Å²) in [6.07, 6.45) is 2.87. The molecule has 1 unspecified atom stereocenters. The molecule has 96 valence electrons. The van der Waals surface area contributed by atoms with Crippen LogP contribution in [0.2, 0.25) is 0 Å². The molecule has 0 bridgehead atoms. The second-order valence-corrected chi connectivity index (χ2v) is 5.95. The van der Waals surface area contributed by atoms with E-state index in [0.29, 0.717) is 26.2 Å². The molecule has 1 fully saturated rings. The van der Waals surface area contributed by atoms with Gasteiger partial charge in [-0.3, -0.25) is 4.68 Å². The Morgan fingerprint density at radius 2 is 2.41 bits per heavy atom. The first-order valence-electron chi connectivity index (χ1n) is 5.47. The third kappa shape index (κ3) is 2.34. The van der Waals surface area contributed by atoms with Crippen LogP contribution in [-0.4, -0.2) is 54.7 Å². The maximum Gasteiger partial charge on any atom is 0.246 e. The van der Waals surface area contributed by atoms with Crippen molar-refractivity contribution in [1.29, 1.82) is 0 Å². The zero-order valence-electron chi connectivity index (χ0n) is 9.70. The minimum atomic E-state index is -3.47. The van der Waals surface area contributed by atoms with Crippen molar-refractivity contribution >= 4 is 10.0 Å². The highest BCUT2D eigenvalue weighted by molar-refractivity contribution is 7.89. The fourth-order valence-electron chi connectivity index (χ4n) is 1.93. The molecule has 1 saturated heterocycles. The van der Waals surface area contributed by atoms with Crippen molar-refractivity contribution in [3.05, 3.63) is 12.4 Å². The zero-order valence-corrected chi connectivity index (χ0v) is 10.5. The van der Waals surface area contributed by atoms with E-state index in [1.165, 1.54) is 21.4 Å². The van der Waals surface area contributed by atoms with Gasteiger partial charge in [-0.25, -0.2) is 8.42 Å². The van der Waals surface area contributed by atoms with E-state index in [0.717, 1.165) is 0 Å². The molecule has 1 aliphatic heterocycles. The summed E-state index contributed by atoms with van der Waals surface area (Å²) < 4.78 is 27.7. The van der Waals surface area contributed by atoms with Crippen LogP contribution < -0.4 is 11.1 Å². The number of nitrogens with one attached hydrogen (secondary N) is 1. The normalized spacial score (nSPS) is 22.8. The molecular weight excluding hydrogens is 242 g/mol.